The molecule has 1 unspecified atom stereocenters. The number of carbonyl (C=O) groups excluding carboxylic acids is 1. The van der Waals surface area contributed by atoms with Gasteiger partial charge in [-0.1, -0.05) is 57.2 Å². The van der Waals surface area contributed by atoms with Gasteiger partial charge in [0, 0.05) is 13.1 Å². The van der Waals surface area contributed by atoms with E-state index in [1.165, 1.54) is 16.7 Å². The van der Waals surface area contributed by atoms with Gasteiger partial charge in [0.1, 0.15) is 5.75 Å². The monoisotopic (exact) mass is 337 g/mol. The Morgan fingerprint density at radius 1 is 1.08 bits per heavy atom. The Morgan fingerprint density at radius 3 is 2.52 bits per heavy atom. The fourth-order valence-electron chi connectivity index (χ4n) is 3.23. The lowest BCUT2D eigenvalue weighted by atomic mass is 9.87. The molecule has 25 heavy (non-hydrogen) atoms. The quantitative estimate of drug-likeness (QED) is 0.834. The van der Waals surface area contributed by atoms with E-state index in [1.54, 1.807) is 0 Å². The summed E-state index contributed by atoms with van der Waals surface area (Å²) in [5.74, 6) is 0.807. The number of carbonyl (C=O) groups is 1. The van der Waals surface area contributed by atoms with E-state index in [0.29, 0.717) is 6.54 Å². The lowest BCUT2D eigenvalue weighted by Crippen LogP contribution is -2.43. The van der Waals surface area contributed by atoms with Gasteiger partial charge in [0.2, 0.25) is 0 Å². The molecule has 1 aliphatic rings. The van der Waals surface area contributed by atoms with Crippen LogP contribution in [0.2, 0.25) is 0 Å². The van der Waals surface area contributed by atoms with E-state index in [1.807, 2.05) is 36.1 Å². The van der Waals surface area contributed by atoms with Crippen molar-refractivity contribution in [3.63, 3.8) is 0 Å². The van der Waals surface area contributed by atoms with Crippen LogP contribution in [0, 0.1) is 0 Å². The van der Waals surface area contributed by atoms with E-state index < -0.39 is 6.10 Å². The molecule has 132 valence electrons. The number of benzene rings is 2. The number of ether oxygens (including phenoxy) is 1. The number of amides is 1. The van der Waals surface area contributed by atoms with Gasteiger partial charge >= 0.3 is 0 Å². The molecule has 0 aromatic heterocycles. The molecule has 0 bridgehead atoms. The van der Waals surface area contributed by atoms with Crippen molar-refractivity contribution in [2.45, 2.75) is 52.2 Å². The molecule has 0 saturated heterocycles. The van der Waals surface area contributed by atoms with Gasteiger partial charge in [-0.15, -0.1) is 0 Å². The van der Waals surface area contributed by atoms with Gasteiger partial charge in [-0.05, 0) is 47.6 Å². The zero-order valence-electron chi connectivity index (χ0n) is 15.6. The molecule has 0 N–H and O–H groups in total. The fourth-order valence-corrected chi connectivity index (χ4v) is 3.23. The second-order valence-electron chi connectivity index (χ2n) is 7.82. The maximum Gasteiger partial charge on any atom is 0.263 e. The second-order valence-corrected chi connectivity index (χ2v) is 7.82. The molecule has 0 fully saturated rings. The lowest BCUT2D eigenvalue weighted by molar-refractivity contribution is -0.138. The third kappa shape index (κ3) is 4.04. The normalized spacial score (nSPS) is 15.4. The first kappa shape index (κ1) is 17.5. The van der Waals surface area contributed by atoms with E-state index in [2.05, 4.69) is 45.0 Å². The van der Waals surface area contributed by atoms with Gasteiger partial charge < -0.3 is 9.64 Å². The van der Waals surface area contributed by atoms with Crippen LogP contribution in [0.1, 0.15) is 44.4 Å². The van der Waals surface area contributed by atoms with Crippen LogP contribution in [0.15, 0.2) is 48.5 Å². The first-order chi connectivity index (χ1) is 11.8. The molecule has 1 amide bonds. The van der Waals surface area contributed by atoms with Gasteiger partial charge in [-0.2, -0.15) is 0 Å². The Hall–Kier alpha value is -2.29. The molecule has 0 spiro atoms. The van der Waals surface area contributed by atoms with Gasteiger partial charge in [-0.3, -0.25) is 4.79 Å². The van der Waals surface area contributed by atoms with Crippen LogP contribution in [0.5, 0.6) is 5.75 Å². The number of hydrogen-bond acceptors (Lipinski definition) is 2. The Bertz CT molecular complexity index is 761. The first-order valence-electron chi connectivity index (χ1n) is 8.97. The van der Waals surface area contributed by atoms with Crippen LogP contribution in [0.3, 0.4) is 0 Å². The molecule has 2 aromatic rings. The molecule has 1 aliphatic heterocycles. The Morgan fingerprint density at radius 2 is 1.80 bits per heavy atom. The van der Waals surface area contributed by atoms with Gasteiger partial charge in [0.15, 0.2) is 6.10 Å². The molecular formula is C22H27NO2. The summed E-state index contributed by atoms with van der Waals surface area (Å²) in [4.78, 5) is 14.7. The molecule has 1 atom stereocenters. The molecule has 2 aromatic carbocycles. The number of hydrogen-bond donors (Lipinski definition) is 0. The van der Waals surface area contributed by atoms with E-state index in [-0.39, 0.29) is 11.3 Å². The molecule has 3 nitrogen and oxygen atoms in total. The van der Waals surface area contributed by atoms with Crippen molar-refractivity contribution in [3.8, 4) is 5.75 Å². The van der Waals surface area contributed by atoms with Crippen molar-refractivity contribution in [1.82, 2.24) is 4.90 Å². The van der Waals surface area contributed by atoms with Crippen molar-refractivity contribution < 1.29 is 9.53 Å². The molecule has 3 heteroatoms. The van der Waals surface area contributed by atoms with Crippen LogP contribution in [-0.4, -0.2) is 23.5 Å². The molecule has 0 saturated carbocycles. The van der Waals surface area contributed by atoms with E-state index in [0.717, 1.165) is 18.7 Å². The highest BCUT2D eigenvalue weighted by molar-refractivity contribution is 5.81. The summed E-state index contributed by atoms with van der Waals surface area (Å²) in [5, 5.41) is 0. The Kier molecular flexibility index (Phi) is 4.85. The van der Waals surface area contributed by atoms with Crippen molar-refractivity contribution >= 4 is 5.91 Å². The van der Waals surface area contributed by atoms with E-state index >= 15 is 0 Å². The van der Waals surface area contributed by atoms with Crippen molar-refractivity contribution in [2.75, 3.05) is 6.54 Å². The predicted octanol–water partition coefficient (Wildman–Crippen LogP) is 4.34. The summed E-state index contributed by atoms with van der Waals surface area (Å²) in [6, 6.07) is 16.4. The van der Waals surface area contributed by atoms with Crippen LogP contribution < -0.4 is 4.74 Å². The highest BCUT2D eigenvalue weighted by Crippen LogP contribution is 2.26. The summed E-state index contributed by atoms with van der Waals surface area (Å²) in [6.07, 6.45) is 0.425. The van der Waals surface area contributed by atoms with Crippen LogP contribution in [-0.2, 0) is 23.2 Å². The topological polar surface area (TPSA) is 29.5 Å². The Labute approximate surface area is 150 Å². The SMILES string of the molecule is CC(Oc1cccc(C(C)(C)C)c1)C(=O)N1CCc2ccccc2C1. The van der Waals surface area contributed by atoms with Crippen LogP contribution >= 0.6 is 0 Å². The van der Waals surface area contributed by atoms with E-state index in [9.17, 15) is 4.79 Å². The third-order valence-corrected chi connectivity index (χ3v) is 4.80. The van der Waals surface area contributed by atoms with Crippen molar-refractivity contribution in [1.29, 1.82) is 0 Å². The van der Waals surface area contributed by atoms with Crippen LogP contribution in [0.4, 0.5) is 0 Å². The standard InChI is InChI=1S/C22H27NO2/c1-16(25-20-11-7-10-19(14-20)22(2,3)4)21(24)23-13-12-17-8-5-6-9-18(17)15-23/h5-11,14,16H,12-13,15H2,1-4H3. The average Bonchev–Trinajstić information content (AvgIpc) is 2.60. The number of fused-ring (bicyclic) bond motifs is 1. The minimum Gasteiger partial charge on any atom is -0.481 e. The second kappa shape index (κ2) is 6.91. The molecule has 3 rings (SSSR count). The minimum absolute atomic E-state index is 0.0515. The highest BCUT2D eigenvalue weighted by atomic mass is 16.5. The summed E-state index contributed by atoms with van der Waals surface area (Å²) in [7, 11) is 0. The third-order valence-electron chi connectivity index (χ3n) is 4.80. The van der Waals surface area contributed by atoms with E-state index in [4.69, 9.17) is 4.74 Å². The summed E-state index contributed by atoms with van der Waals surface area (Å²) >= 11 is 0. The maximum absolute atomic E-state index is 12.8. The van der Waals surface area contributed by atoms with Crippen LogP contribution in [0.25, 0.3) is 0 Å². The molecule has 0 radical (unpaired) electrons. The summed E-state index contributed by atoms with van der Waals surface area (Å²) < 4.78 is 5.96. The first-order valence-corrected chi connectivity index (χ1v) is 8.97. The molecular weight excluding hydrogens is 310 g/mol. The minimum atomic E-state index is -0.486. The maximum atomic E-state index is 12.8. The zero-order valence-corrected chi connectivity index (χ0v) is 15.6. The molecule has 0 aliphatic carbocycles. The lowest BCUT2D eigenvalue weighted by Gasteiger charge is -2.31. The van der Waals surface area contributed by atoms with Crippen molar-refractivity contribution in [3.05, 3.63) is 65.2 Å². The smallest absolute Gasteiger partial charge is 0.263 e. The Balaban J connectivity index is 1.68. The number of rotatable bonds is 3. The predicted molar refractivity (Wildman–Crippen MR) is 101 cm³/mol. The molecule has 1 heterocycles. The van der Waals surface area contributed by atoms with Gasteiger partial charge in [-0.25, -0.2) is 0 Å². The summed E-state index contributed by atoms with van der Waals surface area (Å²) in [6.45, 7) is 9.78. The fraction of sp³-hybridized carbons (Fsp3) is 0.409. The average molecular weight is 337 g/mol. The van der Waals surface area contributed by atoms with Gasteiger partial charge in [0.05, 0.1) is 0 Å². The summed E-state index contributed by atoms with van der Waals surface area (Å²) in [5.41, 5.74) is 3.85. The largest absolute Gasteiger partial charge is 0.481 e. The zero-order chi connectivity index (χ0) is 18.0. The van der Waals surface area contributed by atoms with Crippen molar-refractivity contribution in [2.24, 2.45) is 0 Å². The highest BCUT2D eigenvalue weighted by Gasteiger charge is 2.26. The van der Waals surface area contributed by atoms with Gasteiger partial charge in [0.25, 0.3) is 5.91 Å². The number of nitrogens with zero attached hydrogens (tertiary/aromatic N) is 1.